The van der Waals surface area contributed by atoms with Crippen molar-refractivity contribution in [2.75, 3.05) is 10.6 Å². The molecule has 2 aromatic rings. The van der Waals surface area contributed by atoms with Crippen LogP contribution in [0.15, 0.2) is 30.7 Å². The van der Waals surface area contributed by atoms with Crippen LogP contribution >= 0.6 is 0 Å². The monoisotopic (exact) mass is 289 g/mol. The highest BCUT2D eigenvalue weighted by Gasteiger charge is 2.06. The van der Waals surface area contributed by atoms with Crippen LogP contribution in [0.3, 0.4) is 0 Å². The van der Waals surface area contributed by atoms with Crippen LogP contribution in [0.2, 0.25) is 0 Å². The first kappa shape index (κ1) is 14.5. The van der Waals surface area contributed by atoms with Crippen molar-refractivity contribution in [3.8, 4) is 0 Å². The Hall–Kier alpha value is -2.90. The van der Waals surface area contributed by atoms with Crippen molar-refractivity contribution in [3.63, 3.8) is 0 Å². The number of aromatic nitrogens is 3. The Kier molecular flexibility index (Phi) is 4.50. The fraction of sp³-hybridized carbons (Fsp3) is 0.231. The number of rotatable bonds is 5. The number of carbonyl (C=O) groups is 2. The van der Waals surface area contributed by atoms with Crippen molar-refractivity contribution in [2.45, 2.75) is 19.9 Å². The zero-order valence-corrected chi connectivity index (χ0v) is 11.4. The highest BCUT2D eigenvalue weighted by atomic mass is 16.4. The quantitative estimate of drug-likeness (QED) is 0.774. The maximum Gasteiger partial charge on any atom is 0.323 e. The van der Waals surface area contributed by atoms with Crippen molar-refractivity contribution < 1.29 is 14.7 Å². The Morgan fingerprint density at radius 2 is 2.00 bits per heavy atom. The van der Waals surface area contributed by atoms with E-state index in [0.717, 1.165) is 6.54 Å². The lowest BCUT2D eigenvalue weighted by Gasteiger charge is -2.06. The van der Waals surface area contributed by atoms with Crippen LogP contribution in [0.25, 0.3) is 0 Å². The lowest BCUT2D eigenvalue weighted by atomic mass is 10.2. The van der Waals surface area contributed by atoms with Crippen molar-refractivity contribution in [1.82, 2.24) is 14.8 Å². The minimum atomic E-state index is -0.950. The molecule has 0 fully saturated rings. The van der Waals surface area contributed by atoms with E-state index in [1.807, 2.05) is 6.92 Å². The van der Waals surface area contributed by atoms with Crippen molar-refractivity contribution in [2.24, 2.45) is 0 Å². The van der Waals surface area contributed by atoms with Crippen LogP contribution in [0.1, 0.15) is 12.6 Å². The Balaban J connectivity index is 1.91. The summed E-state index contributed by atoms with van der Waals surface area (Å²) in [5.74, 6) is -0.950. The van der Waals surface area contributed by atoms with Gasteiger partial charge in [-0.2, -0.15) is 5.10 Å². The topological polar surface area (TPSA) is 109 Å². The van der Waals surface area contributed by atoms with Crippen LogP contribution < -0.4 is 10.6 Å². The van der Waals surface area contributed by atoms with E-state index in [9.17, 15) is 9.59 Å². The Bertz CT molecular complexity index is 636. The number of anilines is 2. The molecular weight excluding hydrogens is 274 g/mol. The first-order chi connectivity index (χ1) is 10.1. The smallest absolute Gasteiger partial charge is 0.323 e. The molecule has 2 heterocycles. The molecule has 0 saturated heterocycles. The van der Waals surface area contributed by atoms with Gasteiger partial charge in [-0.3, -0.25) is 14.5 Å². The molecule has 2 amide bonds. The second-order valence-corrected chi connectivity index (χ2v) is 4.27. The zero-order valence-electron chi connectivity index (χ0n) is 11.4. The number of aliphatic carboxylic acids is 1. The summed E-state index contributed by atoms with van der Waals surface area (Å²) in [7, 11) is 0. The Labute approximate surface area is 120 Å². The number of amides is 2. The molecule has 0 bridgehead atoms. The first-order valence-corrected chi connectivity index (χ1v) is 6.34. The van der Waals surface area contributed by atoms with Gasteiger partial charge in [-0.1, -0.05) is 0 Å². The molecule has 21 heavy (non-hydrogen) atoms. The Morgan fingerprint density at radius 1 is 1.24 bits per heavy atom. The highest BCUT2D eigenvalue weighted by molar-refractivity contribution is 5.99. The number of hydrogen-bond acceptors (Lipinski definition) is 4. The lowest BCUT2D eigenvalue weighted by molar-refractivity contribution is -0.136. The predicted octanol–water partition coefficient (Wildman–Crippen LogP) is 1.57. The fourth-order valence-corrected chi connectivity index (χ4v) is 1.65. The molecule has 2 rings (SSSR count). The van der Waals surface area contributed by atoms with E-state index in [-0.39, 0.29) is 6.42 Å². The summed E-state index contributed by atoms with van der Waals surface area (Å²) < 4.78 is 1.69. The van der Waals surface area contributed by atoms with Crippen LogP contribution in [0.5, 0.6) is 0 Å². The maximum atomic E-state index is 11.8. The third kappa shape index (κ3) is 4.30. The normalized spacial score (nSPS) is 10.1. The van der Waals surface area contributed by atoms with Gasteiger partial charge in [0.1, 0.15) is 0 Å². The number of nitrogens with one attached hydrogen (secondary N) is 2. The van der Waals surface area contributed by atoms with Gasteiger partial charge < -0.3 is 15.7 Å². The largest absolute Gasteiger partial charge is 0.481 e. The molecule has 0 atom stereocenters. The second-order valence-electron chi connectivity index (χ2n) is 4.27. The molecule has 0 aromatic carbocycles. The molecule has 0 aliphatic carbocycles. The van der Waals surface area contributed by atoms with E-state index in [1.165, 1.54) is 6.20 Å². The number of aryl methyl sites for hydroxylation is 1. The molecule has 2 aromatic heterocycles. The average Bonchev–Trinajstić information content (AvgIpc) is 2.88. The minimum absolute atomic E-state index is 0.150. The van der Waals surface area contributed by atoms with E-state index >= 15 is 0 Å². The molecule has 0 spiro atoms. The maximum absolute atomic E-state index is 11.8. The van der Waals surface area contributed by atoms with Gasteiger partial charge in [0.2, 0.25) is 0 Å². The minimum Gasteiger partial charge on any atom is -0.481 e. The van der Waals surface area contributed by atoms with Gasteiger partial charge >= 0.3 is 12.0 Å². The van der Waals surface area contributed by atoms with Gasteiger partial charge in [0.05, 0.1) is 35.9 Å². The number of hydrogen-bond donors (Lipinski definition) is 3. The summed E-state index contributed by atoms with van der Waals surface area (Å²) >= 11 is 0. The number of pyridine rings is 1. The van der Waals surface area contributed by atoms with Crippen molar-refractivity contribution in [3.05, 3.63) is 36.4 Å². The number of nitrogens with zero attached hydrogens (tertiary/aromatic N) is 3. The second kappa shape index (κ2) is 6.51. The van der Waals surface area contributed by atoms with Gasteiger partial charge in [-0.25, -0.2) is 4.79 Å². The lowest BCUT2D eigenvalue weighted by Crippen LogP contribution is -2.19. The number of carbonyl (C=O) groups excluding carboxylic acids is 1. The molecule has 3 N–H and O–H groups in total. The van der Waals surface area contributed by atoms with Gasteiger partial charge in [-0.05, 0) is 19.1 Å². The standard InChI is InChI=1S/C13H15N5O3/c1-2-18-8-11(7-15-18)17-13(21)16-10-4-3-9(14-6-10)5-12(19)20/h3-4,6-8H,2,5H2,1H3,(H,19,20)(H2,16,17,21). The molecule has 0 aliphatic rings. The predicted molar refractivity (Wildman–Crippen MR) is 76.1 cm³/mol. The molecule has 0 saturated carbocycles. The Morgan fingerprint density at radius 3 is 2.57 bits per heavy atom. The summed E-state index contributed by atoms with van der Waals surface area (Å²) in [6.45, 7) is 2.67. The average molecular weight is 289 g/mol. The van der Waals surface area contributed by atoms with Crippen LogP contribution in [-0.2, 0) is 17.8 Å². The molecule has 8 nitrogen and oxygen atoms in total. The SMILES string of the molecule is CCn1cc(NC(=O)Nc2ccc(CC(=O)O)nc2)cn1. The third-order valence-corrected chi connectivity index (χ3v) is 2.63. The number of urea groups is 1. The number of carboxylic acid groups (broad SMARTS) is 1. The zero-order chi connectivity index (χ0) is 15.2. The molecule has 110 valence electrons. The van der Waals surface area contributed by atoms with Crippen LogP contribution in [0.4, 0.5) is 16.2 Å². The van der Waals surface area contributed by atoms with E-state index in [4.69, 9.17) is 5.11 Å². The third-order valence-electron chi connectivity index (χ3n) is 2.63. The van der Waals surface area contributed by atoms with E-state index in [2.05, 4.69) is 20.7 Å². The van der Waals surface area contributed by atoms with Gasteiger partial charge in [0, 0.05) is 12.7 Å². The van der Waals surface area contributed by atoms with Crippen molar-refractivity contribution in [1.29, 1.82) is 0 Å². The number of carboxylic acids is 1. The summed E-state index contributed by atoms with van der Waals surface area (Å²) in [6.07, 6.45) is 4.53. The van der Waals surface area contributed by atoms with Crippen molar-refractivity contribution >= 4 is 23.4 Å². The van der Waals surface area contributed by atoms with Crippen LogP contribution in [0, 0.1) is 0 Å². The summed E-state index contributed by atoms with van der Waals surface area (Å²) in [4.78, 5) is 26.3. The van der Waals surface area contributed by atoms with Gasteiger partial charge in [0.25, 0.3) is 0 Å². The summed E-state index contributed by atoms with van der Waals surface area (Å²) in [5, 5.41) is 17.9. The van der Waals surface area contributed by atoms with E-state index in [1.54, 1.807) is 29.2 Å². The molecular formula is C13H15N5O3. The molecule has 0 unspecified atom stereocenters. The molecule has 8 heteroatoms. The van der Waals surface area contributed by atoms with Crippen LogP contribution in [-0.4, -0.2) is 31.9 Å². The van der Waals surface area contributed by atoms with Gasteiger partial charge in [0.15, 0.2) is 0 Å². The first-order valence-electron chi connectivity index (χ1n) is 6.34. The summed E-state index contributed by atoms with van der Waals surface area (Å²) in [5.41, 5.74) is 1.49. The highest BCUT2D eigenvalue weighted by Crippen LogP contribution is 2.09. The van der Waals surface area contributed by atoms with Gasteiger partial charge in [-0.15, -0.1) is 0 Å². The van der Waals surface area contributed by atoms with E-state index < -0.39 is 12.0 Å². The summed E-state index contributed by atoms with van der Waals surface area (Å²) in [6, 6.07) is 2.73. The van der Waals surface area contributed by atoms with E-state index in [0.29, 0.717) is 17.1 Å². The molecule has 0 radical (unpaired) electrons. The molecule has 0 aliphatic heterocycles. The fourth-order valence-electron chi connectivity index (χ4n) is 1.65.